The number of carbonyl (C=O) groups is 2. The molecule has 11 heteroatoms. The molecule has 8 nitrogen and oxygen atoms in total. The number of aliphatic hydroxyl groups excluding tert-OH is 1. The lowest BCUT2D eigenvalue weighted by atomic mass is 10.1. The molecule has 0 saturated carbocycles. The monoisotopic (exact) mass is 452 g/mol. The Kier molecular flexibility index (Phi) is 6.68. The third-order valence-electron chi connectivity index (χ3n) is 5.11. The van der Waals surface area contributed by atoms with E-state index < -0.39 is 30.8 Å². The zero-order valence-electron chi connectivity index (χ0n) is 17.7. The normalized spacial score (nSPS) is 15.3. The average molecular weight is 452 g/mol. The second-order valence-corrected chi connectivity index (χ2v) is 7.63. The minimum atomic E-state index is -4.46. The van der Waals surface area contributed by atoms with Gasteiger partial charge in [-0.15, -0.1) is 0 Å². The molecular formula is C21H23F3N4O4. The first-order valence-electron chi connectivity index (χ1n) is 9.88. The van der Waals surface area contributed by atoms with E-state index in [4.69, 9.17) is 9.84 Å². The summed E-state index contributed by atoms with van der Waals surface area (Å²) in [5.74, 6) is -0.794. The number of nitrogens with one attached hydrogen (secondary N) is 1. The van der Waals surface area contributed by atoms with Gasteiger partial charge >= 0.3 is 6.18 Å². The number of amides is 2. The Morgan fingerprint density at radius 2 is 2.06 bits per heavy atom. The van der Waals surface area contributed by atoms with Crippen molar-refractivity contribution in [2.75, 3.05) is 13.2 Å². The molecule has 0 bridgehead atoms. The standard InChI is InChI=1S/C21H23F3N4O4/c1-11-6-16(26-7-17(11)32-10-21(22,23)24)13(3)28-8-15-14(20(28)31)4-5-25-18(15)19(30)27-12(2)9-29/h4-7,12-13,29H,8-10H2,1-3H3,(H,27,30)/t12-,13?/m0/s1. The van der Waals surface area contributed by atoms with Crippen LogP contribution < -0.4 is 10.1 Å². The van der Waals surface area contributed by atoms with Crippen LogP contribution in [0.4, 0.5) is 13.2 Å². The number of ether oxygens (including phenoxy) is 1. The van der Waals surface area contributed by atoms with Gasteiger partial charge in [0.1, 0.15) is 11.4 Å². The van der Waals surface area contributed by atoms with Crippen LogP contribution in [-0.4, -0.2) is 57.2 Å². The Balaban J connectivity index is 1.80. The van der Waals surface area contributed by atoms with Crippen molar-refractivity contribution in [1.82, 2.24) is 20.2 Å². The van der Waals surface area contributed by atoms with Gasteiger partial charge in [-0.25, -0.2) is 0 Å². The Labute approximate surface area is 182 Å². The highest BCUT2D eigenvalue weighted by Gasteiger charge is 2.35. The number of alkyl halides is 3. The molecule has 2 atom stereocenters. The Morgan fingerprint density at radius 3 is 2.69 bits per heavy atom. The molecule has 1 unspecified atom stereocenters. The number of aromatic nitrogens is 2. The number of carbonyl (C=O) groups excluding carboxylic acids is 2. The SMILES string of the molecule is Cc1cc(C(C)N2Cc3c(ccnc3C(=O)N[C@@H](C)CO)C2=O)ncc1OCC(F)(F)F. The van der Waals surface area contributed by atoms with E-state index in [2.05, 4.69) is 15.3 Å². The Bertz CT molecular complexity index is 1030. The number of rotatable bonds is 7. The molecule has 3 rings (SSSR count). The summed E-state index contributed by atoms with van der Waals surface area (Å²) < 4.78 is 42.0. The van der Waals surface area contributed by atoms with Crippen molar-refractivity contribution in [3.8, 4) is 5.75 Å². The zero-order chi connectivity index (χ0) is 23.6. The summed E-state index contributed by atoms with van der Waals surface area (Å²) in [6, 6.07) is 2.11. The molecule has 0 saturated heterocycles. The highest BCUT2D eigenvalue weighted by Crippen LogP contribution is 2.33. The van der Waals surface area contributed by atoms with E-state index in [9.17, 15) is 22.8 Å². The number of aryl methyl sites for hydroxylation is 1. The molecule has 1 aliphatic rings. The van der Waals surface area contributed by atoms with Crippen LogP contribution in [0.5, 0.6) is 5.75 Å². The fourth-order valence-electron chi connectivity index (χ4n) is 3.36. The number of fused-ring (bicyclic) bond motifs is 1. The summed E-state index contributed by atoms with van der Waals surface area (Å²) in [5, 5.41) is 11.8. The summed E-state index contributed by atoms with van der Waals surface area (Å²) in [6.45, 7) is 3.43. The third kappa shape index (κ3) is 4.98. The van der Waals surface area contributed by atoms with Crippen LogP contribution >= 0.6 is 0 Å². The number of halogens is 3. The predicted octanol–water partition coefficient (Wildman–Crippen LogP) is 2.55. The quantitative estimate of drug-likeness (QED) is 0.669. The topological polar surface area (TPSA) is 105 Å². The Morgan fingerprint density at radius 1 is 1.34 bits per heavy atom. The maximum Gasteiger partial charge on any atom is 0.422 e. The van der Waals surface area contributed by atoms with Gasteiger partial charge in [-0.2, -0.15) is 13.2 Å². The molecule has 0 fully saturated rings. The summed E-state index contributed by atoms with van der Waals surface area (Å²) in [7, 11) is 0. The van der Waals surface area contributed by atoms with E-state index >= 15 is 0 Å². The van der Waals surface area contributed by atoms with Gasteiger partial charge in [0.25, 0.3) is 11.8 Å². The van der Waals surface area contributed by atoms with Crippen LogP contribution in [0.1, 0.15) is 57.6 Å². The van der Waals surface area contributed by atoms with Crippen molar-refractivity contribution < 1.29 is 32.6 Å². The molecule has 172 valence electrons. The smallest absolute Gasteiger partial charge is 0.422 e. The highest BCUT2D eigenvalue weighted by molar-refractivity contribution is 6.03. The van der Waals surface area contributed by atoms with E-state index in [1.807, 2.05) is 0 Å². The van der Waals surface area contributed by atoms with Gasteiger partial charge in [0.2, 0.25) is 0 Å². The van der Waals surface area contributed by atoms with E-state index in [1.165, 1.54) is 23.4 Å². The maximum absolute atomic E-state index is 13.0. The molecule has 0 radical (unpaired) electrons. The van der Waals surface area contributed by atoms with Crippen LogP contribution in [0, 0.1) is 6.92 Å². The second kappa shape index (κ2) is 9.11. The van der Waals surface area contributed by atoms with Crippen molar-refractivity contribution in [3.05, 3.63) is 52.6 Å². The van der Waals surface area contributed by atoms with Crippen molar-refractivity contribution in [3.63, 3.8) is 0 Å². The molecule has 0 spiro atoms. The van der Waals surface area contributed by atoms with Crippen LogP contribution in [-0.2, 0) is 6.54 Å². The van der Waals surface area contributed by atoms with Gasteiger partial charge < -0.3 is 20.1 Å². The molecule has 0 aromatic carbocycles. The number of nitrogens with zero attached hydrogens (tertiary/aromatic N) is 3. The molecular weight excluding hydrogens is 429 g/mol. The van der Waals surface area contributed by atoms with E-state index in [1.54, 1.807) is 26.8 Å². The van der Waals surface area contributed by atoms with Gasteiger partial charge in [0.05, 0.1) is 24.5 Å². The molecule has 2 aromatic heterocycles. The number of hydrogen-bond acceptors (Lipinski definition) is 6. The maximum atomic E-state index is 13.0. The van der Waals surface area contributed by atoms with E-state index in [0.29, 0.717) is 22.4 Å². The second-order valence-electron chi connectivity index (χ2n) is 7.63. The lowest BCUT2D eigenvalue weighted by molar-refractivity contribution is -0.153. The van der Waals surface area contributed by atoms with Gasteiger partial charge in [-0.3, -0.25) is 19.6 Å². The first-order valence-corrected chi connectivity index (χ1v) is 9.88. The fourth-order valence-corrected chi connectivity index (χ4v) is 3.36. The van der Waals surface area contributed by atoms with Crippen molar-refractivity contribution >= 4 is 11.8 Å². The summed E-state index contributed by atoms with van der Waals surface area (Å²) >= 11 is 0. The van der Waals surface area contributed by atoms with Gasteiger partial charge in [-0.05, 0) is 38.5 Å². The first kappa shape index (κ1) is 23.5. The van der Waals surface area contributed by atoms with Crippen LogP contribution in [0.3, 0.4) is 0 Å². The number of hydrogen-bond donors (Lipinski definition) is 2. The molecule has 0 aliphatic carbocycles. The van der Waals surface area contributed by atoms with Crippen LogP contribution in [0.2, 0.25) is 0 Å². The lowest BCUT2D eigenvalue weighted by Crippen LogP contribution is -2.36. The van der Waals surface area contributed by atoms with Gasteiger partial charge in [0.15, 0.2) is 6.61 Å². The van der Waals surface area contributed by atoms with Crippen molar-refractivity contribution in [2.45, 2.75) is 45.6 Å². The molecule has 2 N–H and O–H groups in total. The summed E-state index contributed by atoms with van der Waals surface area (Å²) in [4.78, 5) is 35.3. The largest absolute Gasteiger partial charge is 0.482 e. The average Bonchev–Trinajstić information content (AvgIpc) is 3.08. The van der Waals surface area contributed by atoms with E-state index in [0.717, 1.165) is 0 Å². The number of pyridine rings is 2. The predicted molar refractivity (Wildman–Crippen MR) is 107 cm³/mol. The lowest BCUT2D eigenvalue weighted by Gasteiger charge is -2.24. The molecule has 3 heterocycles. The van der Waals surface area contributed by atoms with Crippen LogP contribution in [0.25, 0.3) is 0 Å². The van der Waals surface area contributed by atoms with Crippen LogP contribution in [0.15, 0.2) is 24.5 Å². The highest BCUT2D eigenvalue weighted by atomic mass is 19.4. The van der Waals surface area contributed by atoms with Gasteiger partial charge in [-0.1, -0.05) is 0 Å². The third-order valence-corrected chi connectivity index (χ3v) is 5.11. The summed E-state index contributed by atoms with van der Waals surface area (Å²) in [6.07, 6.45) is -1.88. The Hall–Kier alpha value is -3.21. The van der Waals surface area contributed by atoms with Crippen molar-refractivity contribution in [1.29, 1.82) is 0 Å². The number of aliphatic hydroxyl groups is 1. The zero-order valence-corrected chi connectivity index (χ0v) is 17.7. The van der Waals surface area contributed by atoms with Gasteiger partial charge in [0, 0.05) is 29.9 Å². The molecule has 2 amide bonds. The molecule has 2 aromatic rings. The first-order chi connectivity index (χ1) is 15.0. The minimum absolute atomic E-state index is 0.00969. The molecule has 32 heavy (non-hydrogen) atoms. The minimum Gasteiger partial charge on any atom is -0.482 e. The fraction of sp³-hybridized carbons (Fsp3) is 0.429. The van der Waals surface area contributed by atoms with E-state index in [-0.39, 0.29) is 30.5 Å². The van der Waals surface area contributed by atoms with Crippen molar-refractivity contribution in [2.24, 2.45) is 0 Å². The summed E-state index contributed by atoms with van der Waals surface area (Å²) in [5.41, 5.74) is 1.83. The molecule has 1 aliphatic heterocycles.